The van der Waals surface area contributed by atoms with E-state index in [1.165, 1.54) is 29.5 Å². The Morgan fingerprint density at radius 2 is 2.11 bits per heavy atom. The van der Waals surface area contributed by atoms with Crippen LogP contribution in [0.25, 0.3) is 0 Å². The lowest BCUT2D eigenvalue weighted by Gasteiger charge is -2.27. The highest BCUT2D eigenvalue weighted by atomic mass is 16.7. The van der Waals surface area contributed by atoms with Crippen molar-refractivity contribution in [1.29, 1.82) is 0 Å². The van der Waals surface area contributed by atoms with E-state index in [-0.39, 0.29) is 6.79 Å². The van der Waals surface area contributed by atoms with E-state index in [0.717, 1.165) is 17.9 Å². The van der Waals surface area contributed by atoms with Crippen LogP contribution in [0.1, 0.15) is 42.4 Å². The molecule has 1 aromatic rings. The predicted molar refractivity (Wildman–Crippen MR) is 71.6 cm³/mol. The summed E-state index contributed by atoms with van der Waals surface area (Å²) in [5.41, 5.74) is 4.06. The van der Waals surface area contributed by atoms with Gasteiger partial charge in [0, 0.05) is 12.7 Å². The standard InChI is InChI=1S/C15H22O3/c1-10-6-5-7-12-14(10)11(2)8-13(15(12)17-4)18-9-16-3/h8,10H,5-7,9H2,1-4H3. The van der Waals surface area contributed by atoms with E-state index >= 15 is 0 Å². The zero-order chi connectivity index (χ0) is 13.1. The first-order valence-electron chi connectivity index (χ1n) is 6.51. The van der Waals surface area contributed by atoms with Gasteiger partial charge in [-0.15, -0.1) is 0 Å². The first-order chi connectivity index (χ1) is 8.69. The number of hydrogen-bond donors (Lipinski definition) is 0. The minimum atomic E-state index is 0.254. The summed E-state index contributed by atoms with van der Waals surface area (Å²) in [6.45, 7) is 4.70. The summed E-state index contributed by atoms with van der Waals surface area (Å²) >= 11 is 0. The molecule has 0 radical (unpaired) electrons. The average Bonchev–Trinajstić information content (AvgIpc) is 2.36. The van der Waals surface area contributed by atoms with Gasteiger partial charge in [-0.2, -0.15) is 0 Å². The highest BCUT2D eigenvalue weighted by Crippen LogP contribution is 2.43. The molecule has 3 heteroatoms. The molecule has 0 fully saturated rings. The summed E-state index contributed by atoms with van der Waals surface area (Å²) in [5.74, 6) is 2.29. The molecule has 0 saturated heterocycles. The zero-order valence-electron chi connectivity index (χ0n) is 11.7. The van der Waals surface area contributed by atoms with Gasteiger partial charge in [0.15, 0.2) is 18.3 Å². The fourth-order valence-corrected chi connectivity index (χ4v) is 2.97. The van der Waals surface area contributed by atoms with Crippen molar-refractivity contribution < 1.29 is 14.2 Å². The van der Waals surface area contributed by atoms with E-state index in [1.807, 2.05) is 0 Å². The highest BCUT2D eigenvalue weighted by Gasteiger charge is 2.24. The van der Waals surface area contributed by atoms with Crippen molar-refractivity contribution in [2.75, 3.05) is 21.0 Å². The van der Waals surface area contributed by atoms with Gasteiger partial charge in [-0.1, -0.05) is 6.92 Å². The van der Waals surface area contributed by atoms with Gasteiger partial charge in [-0.05, 0) is 49.3 Å². The maximum atomic E-state index is 5.61. The molecular formula is C15H22O3. The lowest BCUT2D eigenvalue weighted by atomic mass is 9.81. The number of hydrogen-bond acceptors (Lipinski definition) is 3. The molecule has 1 aliphatic carbocycles. The van der Waals surface area contributed by atoms with Crippen molar-refractivity contribution in [2.24, 2.45) is 0 Å². The van der Waals surface area contributed by atoms with Gasteiger partial charge < -0.3 is 14.2 Å². The predicted octanol–water partition coefficient (Wildman–Crippen LogP) is 3.43. The second-order valence-electron chi connectivity index (χ2n) is 4.96. The minimum absolute atomic E-state index is 0.254. The van der Waals surface area contributed by atoms with E-state index < -0.39 is 0 Å². The molecule has 0 aromatic heterocycles. The summed E-state index contributed by atoms with van der Waals surface area (Å²) in [6.07, 6.45) is 3.56. The largest absolute Gasteiger partial charge is 0.493 e. The quantitative estimate of drug-likeness (QED) is 0.766. The van der Waals surface area contributed by atoms with Crippen molar-refractivity contribution >= 4 is 0 Å². The second kappa shape index (κ2) is 5.61. The van der Waals surface area contributed by atoms with Crippen LogP contribution in [0.2, 0.25) is 0 Å². The Bertz CT molecular complexity index is 426. The summed E-state index contributed by atoms with van der Waals surface area (Å²) in [4.78, 5) is 0. The first kappa shape index (κ1) is 13.2. The van der Waals surface area contributed by atoms with Crippen LogP contribution in [0.5, 0.6) is 11.5 Å². The Labute approximate surface area is 109 Å². The fraction of sp³-hybridized carbons (Fsp3) is 0.600. The van der Waals surface area contributed by atoms with Crippen molar-refractivity contribution in [3.63, 3.8) is 0 Å². The van der Waals surface area contributed by atoms with Crippen molar-refractivity contribution in [3.05, 3.63) is 22.8 Å². The second-order valence-corrected chi connectivity index (χ2v) is 4.96. The molecular weight excluding hydrogens is 228 g/mol. The molecule has 2 rings (SSSR count). The van der Waals surface area contributed by atoms with E-state index in [9.17, 15) is 0 Å². The van der Waals surface area contributed by atoms with E-state index in [0.29, 0.717) is 5.92 Å². The van der Waals surface area contributed by atoms with Crippen LogP contribution < -0.4 is 9.47 Å². The topological polar surface area (TPSA) is 27.7 Å². The van der Waals surface area contributed by atoms with Crippen LogP contribution in [-0.2, 0) is 11.2 Å². The van der Waals surface area contributed by atoms with Gasteiger partial charge in [-0.3, -0.25) is 0 Å². The lowest BCUT2D eigenvalue weighted by Crippen LogP contribution is -2.12. The van der Waals surface area contributed by atoms with E-state index in [4.69, 9.17) is 14.2 Å². The average molecular weight is 250 g/mol. The van der Waals surface area contributed by atoms with Gasteiger partial charge in [-0.25, -0.2) is 0 Å². The van der Waals surface area contributed by atoms with Crippen LogP contribution in [0.4, 0.5) is 0 Å². The number of fused-ring (bicyclic) bond motifs is 1. The van der Waals surface area contributed by atoms with Crippen LogP contribution in [0.15, 0.2) is 6.07 Å². The zero-order valence-corrected chi connectivity index (χ0v) is 11.7. The van der Waals surface area contributed by atoms with Gasteiger partial charge in [0.2, 0.25) is 0 Å². The smallest absolute Gasteiger partial charge is 0.188 e. The Morgan fingerprint density at radius 3 is 2.78 bits per heavy atom. The Balaban J connectivity index is 2.48. The summed E-state index contributed by atoms with van der Waals surface area (Å²) in [7, 11) is 3.34. The molecule has 0 saturated carbocycles. The molecule has 18 heavy (non-hydrogen) atoms. The normalized spacial score (nSPS) is 18.3. The van der Waals surface area contributed by atoms with E-state index in [1.54, 1.807) is 14.2 Å². The first-order valence-corrected chi connectivity index (χ1v) is 6.51. The number of methoxy groups -OCH3 is 2. The molecule has 3 nitrogen and oxygen atoms in total. The van der Waals surface area contributed by atoms with Crippen molar-refractivity contribution in [3.8, 4) is 11.5 Å². The molecule has 0 aliphatic heterocycles. The third-order valence-corrected chi connectivity index (χ3v) is 3.69. The van der Waals surface area contributed by atoms with Gasteiger partial charge >= 0.3 is 0 Å². The van der Waals surface area contributed by atoms with E-state index in [2.05, 4.69) is 19.9 Å². The van der Waals surface area contributed by atoms with Crippen molar-refractivity contribution in [2.45, 2.75) is 39.0 Å². The van der Waals surface area contributed by atoms with Crippen LogP contribution in [0, 0.1) is 6.92 Å². The summed E-state index contributed by atoms with van der Waals surface area (Å²) < 4.78 is 16.1. The number of ether oxygens (including phenoxy) is 3. The van der Waals surface area contributed by atoms with Gasteiger partial charge in [0.05, 0.1) is 7.11 Å². The Kier molecular flexibility index (Phi) is 4.12. The highest BCUT2D eigenvalue weighted by molar-refractivity contribution is 5.56. The number of rotatable bonds is 4. The lowest BCUT2D eigenvalue weighted by molar-refractivity contribution is 0.0489. The van der Waals surface area contributed by atoms with Gasteiger partial charge in [0.25, 0.3) is 0 Å². The molecule has 1 atom stereocenters. The Morgan fingerprint density at radius 1 is 1.33 bits per heavy atom. The van der Waals surface area contributed by atoms with Crippen LogP contribution in [0.3, 0.4) is 0 Å². The molecule has 0 bridgehead atoms. The third-order valence-electron chi connectivity index (χ3n) is 3.69. The molecule has 1 unspecified atom stereocenters. The molecule has 0 spiro atoms. The maximum absolute atomic E-state index is 5.61. The summed E-state index contributed by atoms with van der Waals surface area (Å²) in [5, 5.41) is 0. The fourth-order valence-electron chi connectivity index (χ4n) is 2.97. The number of benzene rings is 1. The Hall–Kier alpha value is -1.22. The molecule has 1 aliphatic rings. The minimum Gasteiger partial charge on any atom is -0.493 e. The molecule has 0 amide bonds. The molecule has 0 heterocycles. The van der Waals surface area contributed by atoms with Crippen molar-refractivity contribution in [1.82, 2.24) is 0 Å². The monoisotopic (exact) mass is 250 g/mol. The number of aryl methyl sites for hydroxylation is 1. The molecule has 0 N–H and O–H groups in total. The SMILES string of the molecule is COCOc1cc(C)c2c(c1OC)CCCC2C. The third kappa shape index (κ3) is 2.32. The molecule has 1 aromatic carbocycles. The van der Waals surface area contributed by atoms with Gasteiger partial charge in [0.1, 0.15) is 0 Å². The van der Waals surface area contributed by atoms with Crippen LogP contribution >= 0.6 is 0 Å². The summed E-state index contributed by atoms with van der Waals surface area (Å²) in [6, 6.07) is 2.07. The van der Waals surface area contributed by atoms with Crippen LogP contribution in [-0.4, -0.2) is 21.0 Å². The molecule has 100 valence electrons. The maximum Gasteiger partial charge on any atom is 0.188 e.